The van der Waals surface area contributed by atoms with E-state index in [1.165, 1.54) is 38.1 Å². The molecule has 0 saturated heterocycles. The van der Waals surface area contributed by atoms with Crippen molar-refractivity contribution in [3.05, 3.63) is 52.5 Å². The predicted molar refractivity (Wildman–Crippen MR) is 105 cm³/mol. The van der Waals surface area contributed by atoms with Crippen molar-refractivity contribution in [1.29, 1.82) is 0 Å². The summed E-state index contributed by atoms with van der Waals surface area (Å²) in [6.45, 7) is 2.83. The SMILES string of the molecule is CC(C)(F)c1cc(C/C(N)=N/N=[NH2+])cc(Oc2ccc(S(C)(=O)=O)cc2Cl)c1. The Balaban J connectivity index is 2.44. The molecular weight excluding hydrogens is 407 g/mol. The largest absolute Gasteiger partial charge is 0.456 e. The average molecular weight is 428 g/mol. The van der Waals surface area contributed by atoms with E-state index in [9.17, 15) is 12.8 Å². The van der Waals surface area contributed by atoms with Crippen molar-refractivity contribution < 1.29 is 23.1 Å². The van der Waals surface area contributed by atoms with E-state index < -0.39 is 15.5 Å². The summed E-state index contributed by atoms with van der Waals surface area (Å²) >= 11 is 6.15. The minimum Gasteiger partial charge on any atom is -0.456 e. The number of nitrogens with two attached hydrogens (primary N) is 2. The lowest BCUT2D eigenvalue weighted by molar-refractivity contribution is -0.221. The summed E-state index contributed by atoms with van der Waals surface area (Å²) in [6.07, 6.45) is 1.26. The van der Waals surface area contributed by atoms with Gasteiger partial charge in [0.15, 0.2) is 9.84 Å². The molecule has 0 heterocycles. The molecule has 28 heavy (non-hydrogen) atoms. The van der Waals surface area contributed by atoms with Crippen LogP contribution >= 0.6 is 11.6 Å². The zero-order valence-corrected chi connectivity index (χ0v) is 17.2. The normalized spacial score (nSPS) is 12.7. The van der Waals surface area contributed by atoms with Gasteiger partial charge in [-0.25, -0.2) is 12.8 Å². The molecule has 2 rings (SSSR count). The molecule has 0 aliphatic rings. The van der Waals surface area contributed by atoms with Gasteiger partial charge in [0.2, 0.25) is 5.84 Å². The summed E-state index contributed by atoms with van der Waals surface area (Å²) in [5.74, 6) is 0.690. The maximum absolute atomic E-state index is 14.5. The van der Waals surface area contributed by atoms with Crippen molar-refractivity contribution in [1.82, 2.24) is 0 Å². The van der Waals surface area contributed by atoms with Gasteiger partial charge in [0, 0.05) is 6.26 Å². The van der Waals surface area contributed by atoms with E-state index in [1.54, 1.807) is 12.1 Å². The second kappa shape index (κ2) is 8.24. The highest BCUT2D eigenvalue weighted by molar-refractivity contribution is 7.90. The summed E-state index contributed by atoms with van der Waals surface area (Å²) < 4.78 is 43.6. The number of sulfone groups is 1. The van der Waals surface area contributed by atoms with E-state index >= 15 is 0 Å². The number of amidine groups is 1. The van der Waals surface area contributed by atoms with Crippen LogP contribution in [0.25, 0.3) is 0 Å². The lowest BCUT2D eigenvalue weighted by atomic mass is 9.96. The highest BCUT2D eigenvalue weighted by Gasteiger charge is 2.21. The summed E-state index contributed by atoms with van der Waals surface area (Å²) in [6, 6.07) is 8.94. The van der Waals surface area contributed by atoms with Crippen LogP contribution in [0.5, 0.6) is 11.5 Å². The molecule has 0 bridgehead atoms. The molecule has 2 aromatic carbocycles. The summed E-state index contributed by atoms with van der Waals surface area (Å²) in [5.41, 5.74) is 10.1. The summed E-state index contributed by atoms with van der Waals surface area (Å²) in [5, 5.41) is 6.79. The minimum atomic E-state index is -3.40. The van der Waals surface area contributed by atoms with E-state index in [4.69, 9.17) is 27.6 Å². The minimum absolute atomic E-state index is 0.0682. The molecule has 0 aromatic heterocycles. The molecule has 0 aliphatic heterocycles. The average Bonchev–Trinajstić information content (AvgIpc) is 2.55. The number of rotatable bonds is 7. The molecule has 0 aliphatic carbocycles. The van der Waals surface area contributed by atoms with Crippen LogP contribution in [-0.4, -0.2) is 20.5 Å². The van der Waals surface area contributed by atoms with Gasteiger partial charge in [-0.1, -0.05) is 17.7 Å². The van der Waals surface area contributed by atoms with Gasteiger partial charge in [-0.05, 0) is 55.3 Å². The highest BCUT2D eigenvalue weighted by atomic mass is 35.5. The van der Waals surface area contributed by atoms with Crippen LogP contribution in [0.1, 0.15) is 25.0 Å². The molecule has 2 aromatic rings. The Kier molecular flexibility index (Phi) is 6.41. The number of ether oxygens (including phenoxy) is 1. The van der Waals surface area contributed by atoms with Crippen molar-refractivity contribution in [3.8, 4) is 11.5 Å². The third kappa shape index (κ3) is 5.74. The van der Waals surface area contributed by atoms with Gasteiger partial charge in [0.05, 0.1) is 21.4 Å². The van der Waals surface area contributed by atoms with Crippen LogP contribution in [0.15, 0.2) is 51.6 Å². The van der Waals surface area contributed by atoms with E-state index in [2.05, 4.69) is 10.3 Å². The van der Waals surface area contributed by atoms with Crippen LogP contribution < -0.4 is 16.0 Å². The van der Waals surface area contributed by atoms with Crippen molar-refractivity contribution in [2.45, 2.75) is 30.8 Å². The van der Waals surface area contributed by atoms with Crippen molar-refractivity contribution in [2.75, 3.05) is 6.26 Å². The zero-order chi connectivity index (χ0) is 21.1. The van der Waals surface area contributed by atoms with E-state index in [0.29, 0.717) is 16.9 Å². The first-order valence-electron chi connectivity index (χ1n) is 8.13. The standard InChI is InChI=1S/C18H20ClFN4O3S/c1-18(2,20)12-6-11(8-17(21)23-24-22)7-13(9-12)27-16-5-4-14(10-15(16)19)28(3,25)26/h4-7,9-10H,8H2,1-3H3,(H3,21,22,23)/p+1. The number of hydrogen-bond acceptors (Lipinski definition) is 4. The molecule has 0 amide bonds. The first kappa shape index (κ1) is 21.8. The van der Waals surface area contributed by atoms with Crippen LogP contribution in [0.4, 0.5) is 4.39 Å². The number of benzene rings is 2. The van der Waals surface area contributed by atoms with Crippen molar-refractivity contribution in [2.24, 2.45) is 16.1 Å². The molecule has 4 N–H and O–H groups in total. The predicted octanol–water partition coefficient (Wildman–Crippen LogP) is 2.77. The maximum atomic E-state index is 14.5. The van der Waals surface area contributed by atoms with Crippen LogP contribution in [0.3, 0.4) is 0 Å². The molecule has 0 fully saturated rings. The van der Waals surface area contributed by atoms with Gasteiger partial charge in [-0.3, -0.25) is 0 Å². The van der Waals surface area contributed by atoms with Crippen LogP contribution in [0.2, 0.25) is 5.02 Å². The number of alkyl halides is 1. The van der Waals surface area contributed by atoms with Gasteiger partial charge in [-0.2, -0.15) is 5.53 Å². The van der Waals surface area contributed by atoms with Crippen LogP contribution in [-0.2, 0) is 21.9 Å². The third-order valence-corrected chi connectivity index (χ3v) is 5.19. The molecule has 150 valence electrons. The monoisotopic (exact) mass is 427 g/mol. The van der Waals surface area contributed by atoms with E-state index in [0.717, 1.165) is 6.26 Å². The van der Waals surface area contributed by atoms with Crippen molar-refractivity contribution in [3.63, 3.8) is 0 Å². The molecule has 0 atom stereocenters. The van der Waals surface area contributed by atoms with Gasteiger partial charge >= 0.3 is 0 Å². The number of nitrogens with zero attached hydrogens (tertiary/aromatic N) is 2. The molecular formula is C18H21ClFN4O3S+. The highest BCUT2D eigenvalue weighted by Crippen LogP contribution is 2.35. The molecule has 0 spiro atoms. The van der Waals surface area contributed by atoms with Gasteiger partial charge in [-0.15, -0.1) is 0 Å². The smallest absolute Gasteiger partial charge is 0.246 e. The Bertz CT molecular complexity index is 1030. The molecule has 0 radical (unpaired) electrons. The Morgan fingerprint density at radius 2 is 1.96 bits per heavy atom. The Labute approximate surface area is 167 Å². The number of halogens is 2. The Morgan fingerprint density at radius 1 is 1.29 bits per heavy atom. The second-order valence-electron chi connectivity index (χ2n) is 6.69. The summed E-state index contributed by atoms with van der Waals surface area (Å²) in [4.78, 5) is 0.0682. The van der Waals surface area contributed by atoms with Crippen molar-refractivity contribution >= 4 is 27.3 Å². The lowest BCUT2D eigenvalue weighted by Crippen LogP contribution is -2.24. The van der Waals surface area contributed by atoms with E-state index in [1.807, 2.05) is 0 Å². The molecule has 7 nitrogen and oxygen atoms in total. The molecule has 0 unspecified atom stereocenters. The summed E-state index contributed by atoms with van der Waals surface area (Å²) in [7, 11) is -3.40. The maximum Gasteiger partial charge on any atom is 0.246 e. The quantitative estimate of drug-likeness (QED) is 0.305. The molecule has 0 saturated carbocycles. The fourth-order valence-electron chi connectivity index (χ4n) is 2.41. The zero-order valence-electron chi connectivity index (χ0n) is 15.6. The van der Waals surface area contributed by atoms with Gasteiger partial charge in [0.25, 0.3) is 0 Å². The third-order valence-electron chi connectivity index (χ3n) is 3.78. The fourth-order valence-corrected chi connectivity index (χ4v) is 3.34. The van der Waals surface area contributed by atoms with Crippen LogP contribution in [0, 0.1) is 0 Å². The lowest BCUT2D eigenvalue weighted by Gasteiger charge is -2.18. The Hall–Kier alpha value is -2.52. The second-order valence-corrected chi connectivity index (χ2v) is 9.11. The van der Waals surface area contributed by atoms with Gasteiger partial charge < -0.3 is 10.5 Å². The Morgan fingerprint density at radius 3 is 2.50 bits per heavy atom. The number of hydrogen-bond donors (Lipinski definition) is 2. The topological polar surface area (TPSA) is 120 Å². The first-order chi connectivity index (χ1) is 12.9. The molecule has 10 heteroatoms. The van der Waals surface area contributed by atoms with Gasteiger partial charge in [0.1, 0.15) is 22.4 Å². The fraction of sp³-hybridized carbons (Fsp3) is 0.278. The first-order valence-corrected chi connectivity index (χ1v) is 10.4. The van der Waals surface area contributed by atoms with E-state index in [-0.39, 0.29) is 27.9 Å².